The Balaban J connectivity index is 3.09. The Kier molecular flexibility index (Phi) is 43.7. The topological polar surface area (TPSA) is 148 Å². The van der Waals surface area contributed by atoms with Gasteiger partial charge in [-0.05, 0) is 207 Å². The third kappa shape index (κ3) is 43.3. The van der Waals surface area contributed by atoms with Crippen LogP contribution in [0.5, 0.6) is 0 Å². The molecule has 0 radical (unpaired) electrons. The third-order valence-electron chi connectivity index (χ3n) is 8.05. The minimum Gasteiger partial charge on any atom is -0.330 e. The maximum atomic E-state index is 5.51. The van der Waals surface area contributed by atoms with Crippen molar-refractivity contribution in [3.8, 4) is 0 Å². The van der Waals surface area contributed by atoms with Gasteiger partial charge in [-0.25, -0.2) is 0 Å². The van der Waals surface area contributed by atoms with Crippen LogP contribution in [0.3, 0.4) is 0 Å². The third-order valence-corrected chi connectivity index (χ3v) is 8.05. The van der Waals surface area contributed by atoms with Gasteiger partial charge in [-0.1, -0.05) is 12.2 Å². The number of rotatable bonds is 42. The van der Waals surface area contributed by atoms with Gasteiger partial charge in [0.1, 0.15) is 0 Å². The molecule has 276 valence electrons. The van der Waals surface area contributed by atoms with Crippen LogP contribution in [-0.2, 0) is 0 Å². The molecule has 0 unspecified atom stereocenters. The van der Waals surface area contributed by atoms with Gasteiger partial charge in [0.25, 0.3) is 0 Å². The number of unbranched alkanes of at least 4 members (excludes halogenated alkanes) is 8. The van der Waals surface area contributed by atoms with Crippen molar-refractivity contribution in [2.75, 3.05) is 118 Å². The summed E-state index contributed by atoms with van der Waals surface area (Å²) in [5.74, 6) is 0. The molecule has 0 fully saturated rings. The lowest BCUT2D eigenvalue weighted by Gasteiger charge is -2.07. The summed E-state index contributed by atoms with van der Waals surface area (Å²) in [7, 11) is 0. The van der Waals surface area contributed by atoms with Crippen molar-refractivity contribution in [3.63, 3.8) is 0 Å². The van der Waals surface area contributed by atoms with Crippen molar-refractivity contribution < 1.29 is 0 Å². The Labute approximate surface area is 286 Å². The molecule has 10 nitrogen and oxygen atoms in total. The molecule has 0 atom stereocenters. The zero-order valence-electron chi connectivity index (χ0n) is 30.4. The van der Waals surface area contributed by atoms with Gasteiger partial charge in [0.15, 0.2) is 0 Å². The molecule has 0 aliphatic heterocycles. The van der Waals surface area contributed by atoms with Crippen molar-refractivity contribution in [2.45, 2.75) is 103 Å². The molecule has 0 saturated heterocycles. The van der Waals surface area contributed by atoms with E-state index in [9.17, 15) is 0 Å². The van der Waals surface area contributed by atoms with E-state index in [2.05, 4.69) is 54.7 Å². The molecule has 0 bridgehead atoms. The summed E-state index contributed by atoms with van der Waals surface area (Å²) < 4.78 is 0. The fourth-order valence-electron chi connectivity index (χ4n) is 5.08. The highest BCUT2D eigenvalue weighted by Crippen LogP contribution is 1.92. The predicted octanol–water partition coefficient (Wildman–Crippen LogP) is 2.42. The quantitative estimate of drug-likeness (QED) is 0.0352. The first kappa shape index (κ1) is 45.3. The average Bonchev–Trinajstić information content (AvgIpc) is 3.07. The lowest BCUT2D eigenvalue weighted by Crippen LogP contribution is -2.23. The maximum absolute atomic E-state index is 5.51. The highest BCUT2D eigenvalue weighted by Gasteiger charge is 1.95. The van der Waals surface area contributed by atoms with E-state index >= 15 is 0 Å². The first-order chi connectivity index (χ1) is 22.9. The Morgan fingerprint density at radius 2 is 0.413 bits per heavy atom. The van der Waals surface area contributed by atoms with E-state index in [0.717, 1.165) is 131 Å². The molecule has 10 heteroatoms. The van der Waals surface area contributed by atoms with Crippen LogP contribution in [0.1, 0.15) is 103 Å². The SMILES string of the molecule is NCCCCNCCCCNCCCCNCCCCNCC=CCNCCCCNCCCCNCCCCNCCCCN. The lowest BCUT2D eigenvalue weighted by atomic mass is 10.2. The lowest BCUT2D eigenvalue weighted by molar-refractivity contribution is 0.540. The first-order valence-electron chi connectivity index (χ1n) is 19.6. The number of nitrogens with one attached hydrogen (secondary N) is 8. The highest BCUT2D eigenvalue weighted by atomic mass is 14.9. The number of hydrogen-bond acceptors (Lipinski definition) is 10. The molecule has 0 spiro atoms. The smallest absolute Gasteiger partial charge is 0.0135 e. The summed E-state index contributed by atoms with van der Waals surface area (Å²) in [4.78, 5) is 0. The summed E-state index contributed by atoms with van der Waals surface area (Å²) in [6, 6.07) is 0. The molecule has 0 amide bonds. The standard InChI is InChI=1S/C36H82N10/c37-19-1-3-21-39-23-5-7-25-41-27-9-11-29-43-31-13-15-33-45-35-17-18-36-46-34-16-14-32-44-30-12-10-28-42-26-8-6-24-40-22-4-2-20-38/h17-18,39-46H,1-16,19-38H2. The van der Waals surface area contributed by atoms with E-state index in [-0.39, 0.29) is 0 Å². The van der Waals surface area contributed by atoms with Gasteiger partial charge >= 0.3 is 0 Å². The zero-order valence-corrected chi connectivity index (χ0v) is 30.4. The molecule has 0 aliphatic rings. The molecular formula is C36H82N10. The van der Waals surface area contributed by atoms with Gasteiger partial charge in [-0.2, -0.15) is 0 Å². The predicted molar refractivity (Wildman–Crippen MR) is 204 cm³/mol. The maximum Gasteiger partial charge on any atom is 0.0135 e. The van der Waals surface area contributed by atoms with Gasteiger partial charge in [0.2, 0.25) is 0 Å². The zero-order chi connectivity index (χ0) is 33.1. The molecule has 0 rings (SSSR count). The Hall–Kier alpha value is -0.660. The molecule has 0 aliphatic carbocycles. The van der Waals surface area contributed by atoms with Crippen molar-refractivity contribution in [1.82, 2.24) is 42.5 Å². The number of hydrogen-bond donors (Lipinski definition) is 10. The van der Waals surface area contributed by atoms with E-state index in [1.807, 2.05) is 0 Å². The highest BCUT2D eigenvalue weighted by molar-refractivity contribution is 4.85. The summed E-state index contributed by atoms with van der Waals surface area (Å²) in [5.41, 5.74) is 11.0. The molecule has 0 heterocycles. The summed E-state index contributed by atoms with van der Waals surface area (Å²) >= 11 is 0. The normalized spacial score (nSPS) is 11.8. The van der Waals surface area contributed by atoms with Crippen LogP contribution < -0.4 is 54.0 Å². The Morgan fingerprint density at radius 1 is 0.239 bits per heavy atom. The minimum absolute atomic E-state index is 0.811. The van der Waals surface area contributed by atoms with Crippen LogP contribution in [0, 0.1) is 0 Å². The second-order valence-corrected chi connectivity index (χ2v) is 12.6. The van der Waals surface area contributed by atoms with Crippen LogP contribution in [-0.4, -0.2) is 118 Å². The Bertz CT molecular complexity index is 507. The van der Waals surface area contributed by atoms with Crippen molar-refractivity contribution in [2.24, 2.45) is 11.5 Å². The molecular weight excluding hydrogens is 572 g/mol. The van der Waals surface area contributed by atoms with Crippen LogP contribution in [0.4, 0.5) is 0 Å². The molecule has 46 heavy (non-hydrogen) atoms. The van der Waals surface area contributed by atoms with Crippen LogP contribution >= 0.6 is 0 Å². The fraction of sp³-hybridized carbons (Fsp3) is 0.944. The summed E-state index contributed by atoms with van der Waals surface area (Å²) in [6.45, 7) is 19.4. The monoisotopic (exact) mass is 655 g/mol. The van der Waals surface area contributed by atoms with Crippen molar-refractivity contribution in [1.29, 1.82) is 0 Å². The van der Waals surface area contributed by atoms with Crippen LogP contribution in [0.15, 0.2) is 12.2 Å². The largest absolute Gasteiger partial charge is 0.330 e. The second-order valence-electron chi connectivity index (χ2n) is 12.6. The van der Waals surface area contributed by atoms with E-state index in [0.29, 0.717) is 0 Å². The summed E-state index contributed by atoms with van der Waals surface area (Å²) in [5, 5.41) is 28.4. The van der Waals surface area contributed by atoms with E-state index in [1.54, 1.807) is 0 Å². The van der Waals surface area contributed by atoms with Gasteiger partial charge in [0.05, 0.1) is 0 Å². The number of nitrogens with two attached hydrogens (primary N) is 2. The van der Waals surface area contributed by atoms with Crippen LogP contribution in [0.2, 0.25) is 0 Å². The fourth-order valence-corrected chi connectivity index (χ4v) is 5.08. The van der Waals surface area contributed by atoms with E-state index in [4.69, 9.17) is 11.5 Å². The van der Waals surface area contributed by atoms with E-state index < -0.39 is 0 Å². The summed E-state index contributed by atoms with van der Waals surface area (Å²) in [6.07, 6.45) is 24.2. The van der Waals surface area contributed by atoms with Crippen molar-refractivity contribution in [3.05, 3.63) is 12.2 Å². The van der Waals surface area contributed by atoms with Gasteiger partial charge < -0.3 is 54.0 Å². The second kappa shape index (κ2) is 44.3. The molecule has 0 saturated carbocycles. The molecule has 0 aromatic rings. The molecule has 0 aromatic heterocycles. The van der Waals surface area contributed by atoms with Gasteiger partial charge in [-0.15, -0.1) is 0 Å². The van der Waals surface area contributed by atoms with Crippen LogP contribution in [0.25, 0.3) is 0 Å². The van der Waals surface area contributed by atoms with E-state index in [1.165, 1.54) is 89.9 Å². The van der Waals surface area contributed by atoms with Gasteiger partial charge in [0, 0.05) is 13.1 Å². The van der Waals surface area contributed by atoms with Crippen molar-refractivity contribution >= 4 is 0 Å². The minimum atomic E-state index is 0.811. The molecule has 12 N–H and O–H groups in total. The average molecular weight is 655 g/mol. The Morgan fingerprint density at radius 3 is 0.609 bits per heavy atom. The first-order valence-corrected chi connectivity index (χ1v) is 19.6. The molecule has 0 aromatic carbocycles. The van der Waals surface area contributed by atoms with Gasteiger partial charge in [-0.3, -0.25) is 0 Å².